The van der Waals surface area contributed by atoms with Crippen LogP contribution < -0.4 is 11.1 Å². The second kappa shape index (κ2) is 6.33. The lowest BCUT2D eigenvalue weighted by Gasteiger charge is -2.10. The summed E-state index contributed by atoms with van der Waals surface area (Å²) in [5, 5.41) is 7.94. The van der Waals surface area contributed by atoms with E-state index < -0.39 is 0 Å². The number of aromatic nitrogens is 2. The smallest absolute Gasteiger partial charge is 0.0766 e. The Morgan fingerprint density at radius 2 is 2.06 bits per heavy atom. The highest BCUT2D eigenvalue weighted by Crippen LogP contribution is 2.06. The molecule has 0 fully saturated rings. The first-order valence-corrected chi connectivity index (χ1v) is 6.33. The van der Waals surface area contributed by atoms with E-state index in [1.54, 1.807) is 0 Å². The molecule has 2 rings (SSSR count). The van der Waals surface area contributed by atoms with E-state index in [1.165, 1.54) is 0 Å². The molecule has 0 spiro atoms. The van der Waals surface area contributed by atoms with Gasteiger partial charge in [0.25, 0.3) is 0 Å². The van der Waals surface area contributed by atoms with E-state index in [4.69, 9.17) is 5.73 Å². The molecule has 0 saturated heterocycles. The molecule has 96 valence electrons. The Kier molecular flexibility index (Phi) is 4.50. The zero-order chi connectivity index (χ0) is 12.8. The van der Waals surface area contributed by atoms with Crippen LogP contribution in [0.1, 0.15) is 19.0 Å². The minimum Gasteiger partial charge on any atom is -0.330 e. The number of para-hydroxylation sites is 1. The van der Waals surface area contributed by atoms with Crippen molar-refractivity contribution in [1.29, 1.82) is 0 Å². The fraction of sp³-hybridized carbons (Fsp3) is 0.357. The van der Waals surface area contributed by atoms with E-state index in [2.05, 4.69) is 17.3 Å². The normalized spacial score (nSPS) is 12.6. The van der Waals surface area contributed by atoms with E-state index in [0.717, 1.165) is 24.3 Å². The van der Waals surface area contributed by atoms with Gasteiger partial charge < -0.3 is 11.1 Å². The van der Waals surface area contributed by atoms with E-state index in [0.29, 0.717) is 12.6 Å². The van der Waals surface area contributed by atoms with Gasteiger partial charge in [0.2, 0.25) is 0 Å². The predicted molar refractivity (Wildman–Crippen MR) is 73.5 cm³/mol. The van der Waals surface area contributed by atoms with Crippen molar-refractivity contribution in [1.82, 2.24) is 15.1 Å². The Morgan fingerprint density at radius 1 is 1.28 bits per heavy atom. The second-order valence-electron chi connectivity index (χ2n) is 4.45. The molecule has 0 aliphatic rings. The molecule has 0 saturated carbocycles. The summed E-state index contributed by atoms with van der Waals surface area (Å²) in [7, 11) is 0. The van der Waals surface area contributed by atoms with Crippen LogP contribution in [0.15, 0.2) is 42.6 Å². The standard InChI is InChI=1S/C14H20N4/c1-12(7-9-15)16-11-13-8-10-18(17-13)14-5-3-2-4-6-14/h2-6,8,10,12,16H,7,9,11,15H2,1H3. The maximum atomic E-state index is 5.52. The Balaban J connectivity index is 1.95. The molecule has 0 aliphatic heterocycles. The van der Waals surface area contributed by atoms with Crippen molar-refractivity contribution in [2.24, 2.45) is 5.73 Å². The number of nitrogens with two attached hydrogens (primary N) is 1. The molecular formula is C14H20N4. The third-order valence-corrected chi connectivity index (χ3v) is 2.90. The maximum absolute atomic E-state index is 5.52. The molecule has 1 unspecified atom stereocenters. The lowest BCUT2D eigenvalue weighted by molar-refractivity contribution is 0.514. The van der Waals surface area contributed by atoms with Gasteiger partial charge in [0.1, 0.15) is 0 Å². The highest BCUT2D eigenvalue weighted by molar-refractivity contribution is 5.30. The van der Waals surface area contributed by atoms with Crippen molar-refractivity contribution in [3.63, 3.8) is 0 Å². The lowest BCUT2D eigenvalue weighted by atomic mass is 10.2. The maximum Gasteiger partial charge on any atom is 0.0766 e. The van der Waals surface area contributed by atoms with E-state index >= 15 is 0 Å². The fourth-order valence-electron chi connectivity index (χ4n) is 1.81. The SMILES string of the molecule is CC(CCN)NCc1ccn(-c2ccccc2)n1. The molecule has 0 aliphatic carbocycles. The summed E-state index contributed by atoms with van der Waals surface area (Å²) in [6.45, 7) is 3.63. The molecule has 18 heavy (non-hydrogen) atoms. The van der Waals surface area contributed by atoms with Gasteiger partial charge in [-0.15, -0.1) is 0 Å². The topological polar surface area (TPSA) is 55.9 Å². The average Bonchev–Trinajstić information content (AvgIpc) is 2.87. The molecule has 0 amide bonds. The van der Waals surface area contributed by atoms with Gasteiger partial charge in [-0.25, -0.2) is 4.68 Å². The van der Waals surface area contributed by atoms with Crippen molar-refractivity contribution < 1.29 is 0 Å². The molecular weight excluding hydrogens is 224 g/mol. The van der Waals surface area contributed by atoms with Gasteiger partial charge in [-0.1, -0.05) is 18.2 Å². The molecule has 1 aromatic carbocycles. The zero-order valence-electron chi connectivity index (χ0n) is 10.7. The summed E-state index contributed by atoms with van der Waals surface area (Å²) < 4.78 is 1.89. The summed E-state index contributed by atoms with van der Waals surface area (Å²) in [6, 6.07) is 12.6. The van der Waals surface area contributed by atoms with Crippen LogP contribution in [-0.4, -0.2) is 22.4 Å². The fourth-order valence-corrected chi connectivity index (χ4v) is 1.81. The first-order chi connectivity index (χ1) is 8.79. The van der Waals surface area contributed by atoms with Gasteiger partial charge in [-0.05, 0) is 38.1 Å². The van der Waals surface area contributed by atoms with Crippen molar-refractivity contribution >= 4 is 0 Å². The van der Waals surface area contributed by atoms with E-state index in [9.17, 15) is 0 Å². The Morgan fingerprint density at radius 3 is 2.78 bits per heavy atom. The zero-order valence-corrected chi connectivity index (χ0v) is 10.7. The van der Waals surface area contributed by atoms with Crippen molar-refractivity contribution in [3.05, 3.63) is 48.3 Å². The van der Waals surface area contributed by atoms with Gasteiger partial charge in [0.05, 0.1) is 11.4 Å². The minimum atomic E-state index is 0.428. The number of nitrogens with zero attached hydrogens (tertiary/aromatic N) is 2. The van der Waals surface area contributed by atoms with Crippen molar-refractivity contribution in [3.8, 4) is 5.69 Å². The first kappa shape index (κ1) is 12.8. The van der Waals surface area contributed by atoms with Crippen LogP contribution in [0.3, 0.4) is 0 Å². The summed E-state index contributed by atoms with van der Waals surface area (Å²) in [5.41, 5.74) is 7.65. The number of hydrogen-bond acceptors (Lipinski definition) is 3. The molecule has 4 heteroatoms. The molecule has 3 N–H and O–H groups in total. The molecule has 4 nitrogen and oxygen atoms in total. The summed E-state index contributed by atoms with van der Waals surface area (Å²) in [5.74, 6) is 0. The number of rotatable bonds is 6. The molecule has 2 aromatic rings. The van der Waals surface area contributed by atoms with Gasteiger partial charge >= 0.3 is 0 Å². The van der Waals surface area contributed by atoms with E-state index in [1.807, 2.05) is 47.3 Å². The highest BCUT2D eigenvalue weighted by Gasteiger charge is 2.03. The van der Waals surface area contributed by atoms with Crippen LogP contribution >= 0.6 is 0 Å². The van der Waals surface area contributed by atoms with Crippen molar-refractivity contribution in [2.75, 3.05) is 6.54 Å². The number of benzene rings is 1. The minimum absolute atomic E-state index is 0.428. The second-order valence-corrected chi connectivity index (χ2v) is 4.45. The van der Waals surface area contributed by atoms with Gasteiger partial charge in [-0.2, -0.15) is 5.10 Å². The highest BCUT2D eigenvalue weighted by atomic mass is 15.3. The van der Waals surface area contributed by atoms with Crippen LogP contribution in [0.4, 0.5) is 0 Å². The summed E-state index contributed by atoms with van der Waals surface area (Å²) in [6.07, 6.45) is 2.97. The lowest BCUT2D eigenvalue weighted by Crippen LogP contribution is -2.28. The monoisotopic (exact) mass is 244 g/mol. The van der Waals surface area contributed by atoms with Crippen LogP contribution in [0.5, 0.6) is 0 Å². The molecule has 0 radical (unpaired) electrons. The Hall–Kier alpha value is -1.65. The first-order valence-electron chi connectivity index (χ1n) is 6.33. The number of hydrogen-bond donors (Lipinski definition) is 2. The van der Waals surface area contributed by atoms with Crippen molar-refractivity contribution in [2.45, 2.75) is 25.9 Å². The quantitative estimate of drug-likeness (QED) is 0.813. The summed E-state index contributed by atoms with van der Waals surface area (Å²) in [4.78, 5) is 0. The third-order valence-electron chi connectivity index (χ3n) is 2.90. The number of nitrogens with one attached hydrogen (secondary N) is 1. The molecule has 1 heterocycles. The largest absolute Gasteiger partial charge is 0.330 e. The van der Waals surface area contributed by atoms with E-state index in [-0.39, 0.29) is 0 Å². The third kappa shape index (κ3) is 3.42. The Labute approximate surface area is 108 Å². The average molecular weight is 244 g/mol. The van der Waals surface area contributed by atoms with Gasteiger partial charge in [0, 0.05) is 18.8 Å². The van der Waals surface area contributed by atoms with Crippen LogP contribution in [0, 0.1) is 0 Å². The van der Waals surface area contributed by atoms with Crippen LogP contribution in [-0.2, 0) is 6.54 Å². The molecule has 1 aromatic heterocycles. The van der Waals surface area contributed by atoms with Crippen LogP contribution in [0.25, 0.3) is 5.69 Å². The predicted octanol–water partition coefficient (Wildman–Crippen LogP) is 1.70. The molecule has 1 atom stereocenters. The molecule has 0 bridgehead atoms. The summed E-state index contributed by atoms with van der Waals surface area (Å²) >= 11 is 0. The van der Waals surface area contributed by atoms with Crippen LogP contribution in [0.2, 0.25) is 0 Å². The van der Waals surface area contributed by atoms with Gasteiger partial charge in [-0.3, -0.25) is 0 Å². The Bertz CT molecular complexity index is 464. The van der Waals surface area contributed by atoms with Gasteiger partial charge in [0.15, 0.2) is 0 Å².